The summed E-state index contributed by atoms with van der Waals surface area (Å²) in [5, 5.41) is 0. The lowest BCUT2D eigenvalue weighted by Gasteiger charge is -2.25. The van der Waals surface area contributed by atoms with Crippen LogP contribution in [-0.2, 0) is 22.7 Å². The van der Waals surface area contributed by atoms with Gasteiger partial charge < -0.3 is 14.2 Å². The van der Waals surface area contributed by atoms with E-state index in [0.29, 0.717) is 15.4 Å². The van der Waals surface area contributed by atoms with E-state index in [9.17, 15) is 27.6 Å². The maximum atomic E-state index is 13.3. The van der Waals surface area contributed by atoms with E-state index in [2.05, 4.69) is 0 Å². The van der Waals surface area contributed by atoms with Gasteiger partial charge >= 0.3 is 12.2 Å². The predicted molar refractivity (Wildman–Crippen MR) is 118 cm³/mol. The van der Waals surface area contributed by atoms with Crippen LogP contribution in [0.1, 0.15) is 22.9 Å². The van der Waals surface area contributed by atoms with E-state index < -0.39 is 49.7 Å². The minimum absolute atomic E-state index is 0.0916. The minimum Gasteiger partial charge on any atom is -0.467 e. The van der Waals surface area contributed by atoms with Gasteiger partial charge in [0, 0.05) is 6.54 Å². The number of hydrogen-bond acceptors (Lipinski definition) is 4. The van der Waals surface area contributed by atoms with Crippen molar-refractivity contribution in [1.82, 2.24) is 14.7 Å². The highest BCUT2D eigenvalue weighted by molar-refractivity contribution is 6.06. The summed E-state index contributed by atoms with van der Waals surface area (Å²) in [5.41, 5.74) is 1.30. The summed E-state index contributed by atoms with van der Waals surface area (Å²) in [7, 11) is 0. The van der Waals surface area contributed by atoms with Crippen molar-refractivity contribution in [3.05, 3.63) is 95.9 Å². The molecule has 0 saturated carbocycles. The average molecular weight is 485 g/mol. The van der Waals surface area contributed by atoms with E-state index in [1.165, 1.54) is 23.3 Å². The number of benzene rings is 2. The maximum absolute atomic E-state index is 13.3. The van der Waals surface area contributed by atoms with Crippen LogP contribution in [0, 0.1) is 0 Å². The Labute approximate surface area is 199 Å². The van der Waals surface area contributed by atoms with E-state index in [0.717, 1.165) is 5.56 Å². The van der Waals surface area contributed by atoms with Gasteiger partial charge in [-0.15, -0.1) is 0 Å². The number of alkyl halides is 3. The van der Waals surface area contributed by atoms with Crippen molar-refractivity contribution in [2.24, 2.45) is 0 Å². The maximum Gasteiger partial charge on any atom is 0.406 e. The summed E-state index contributed by atoms with van der Waals surface area (Å²) in [6.07, 6.45) is -3.39. The molecule has 1 atom stereocenters. The van der Waals surface area contributed by atoms with Crippen LogP contribution >= 0.6 is 0 Å². The van der Waals surface area contributed by atoms with E-state index >= 15 is 0 Å². The topological polar surface area (TPSA) is 74.1 Å². The lowest BCUT2D eigenvalue weighted by Crippen LogP contribution is -2.46. The smallest absolute Gasteiger partial charge is 0.406 e. The van der Waals surface area contributed by atoms with Crippen LogP contribution in [0.5, 0.6) is 0 Å². The van der Waals surface area contributed by atoms with Gasteiger partial charge in [-0.25, -0.2) is 4.79 Å². The summed E-state index contributed by atoms with van der Waals surface area (Å²) in [5.74, 6) is -1.54. The number of urea groups is 1. The normalized spacial score (nSPS) is 16.1. The van der Waals surface area contributed by atoms with Gasteiger partial charge in [-0.1, -0.05) is 60.7 Å². The molecule has 0 N–H and O–H groups in total. The first-order chi connectivity index (χ1) is 16.7. The monoisotopic (exact) mass is 485 g/mol. The molecular weight excluding hydrogens is 463 g/mol. The van der Waals surface area contributed by atoms with Crippen LogP contribution in [0.25, 0.3) is 0 Å². The quantitative estimate of drug-likeness (QED) is 0.444. The Kier molecular flexibility index (Phi) is 6.90. The SMILES string of the molecule is O=C(CN1C(=O)C(c2ccccc2)N(Cc2ccccc2)C1=O)N(Cc1ccco1)CC(F)(F)F. The summed E-state index contributed by atoms with van der Waals surface area (Å²) < 4.78 is 44.6. The zero-order chi connectivity index (χ0) is 25.0. The van der Waals surface area contributed by atoms with Crippen LogP contribution < -0.4 is 0 Å². The standard InChI is InChI=1S/C25H22F3N3O4/c26-25(27,28)17-29(15-20-12-7-13-35-20)21(32)16-31-23(33)22(19-10-5-2-6-11-19)30(24(31)34)14-18-8-3-1-4-9-18/h1-13,22H,14-17H2. The molecular formula is C25H22F3N3O4. The highest BCUT2D eigenvalue weighted by Gasteiger charge is 2.47. The van der Waals surface area contributed by atoms with Crippen molar-refractivity contribution in [1.29, 1.82) is 0 Å². The third kappa shape index (κ3) is 5.71. The highest BCUT2D eigenvalue weighted by atomic mass is 19.4. The molecule has 0 radical (unpaired) electrons. The van der Waals surface area contributed by atoms with Crippen molar-refractivity contribution in [2.75, 3.05) is 13.1 Å². The van der Waals surface area contributed by atoms with Crippen molar-refractivity contribution < 1.29 is 32.0 Å². The minimum atomic E-state index is -4.67. The van der Waals surface area contributed by atoms with Gasteiger partial charge in [0.2, 0.25) is 5.91 Å². The number of carbonyl (C=O) groups is 3. The molecule has 2 heterocycles. The van der Waals surface area contributed by atoms with Crippen LogP contribution in [0.15, 0.2) is 83.5 Å². The van der Waals surface area contributed by atoms with Gasteiger partial charge in [-0.2, -0.15) is 13.2 Å². The second kappa shape index (κ2) is 10.0. The lowest BCUT2D eigenvalue weighted by molar-refractivity contribution is -0.163. The van der Waals surface area contributed by atoms with Gasteiger partial charge in [-0.3, -0.25) is 14.5 Å². The molecule has 182 valence electrons. The van der Waals surface area contributed by atoms with Crippen LogP contribution in [0.3, 0.4) is 0 Å². The molecule has 1 aromatic heterocycles. The molecule has 10 heteroatoms. The van der Waals surface area contributed by atoms with Crippen molar-refractivity contribution in [3.63, 3.8) is 0 Å². The number of imide groups is 1. The zero-order valence-corrected chi connectivity index (χ0v) is 18.5. The van der Waals surface area contributed by atoms with E-state index in [1.54, 1.807) is 54.6 Å². The highest BCUT2D eigenvalue weighted by Crippen LogP contribution is 2.32. The summed E-state index contributed by atoms with van der Waals surface area (Å²) in [6, 6.07) is 18.7. The van der Waals surface area contributed by atoms with Gasteiger partial charge in [0.1, 0.15) is 24.9 Å². The van der Waals surface area contributed by atoms with Crippen molar-refractivity contribution >= 4 is 17.8 Å². The van der Waals surface area contributed by atoms with Crippen LogP contribution in [0.4, 0.5) is 18.0 Å². The van der Waals surface area contributed by atoms with E-state index in [1.807, 2.05) is 6.07 Å². The second-order valence-corrected chi connectivity index (χ2v) is 8.08. The average Bonchev–Trinajstić information content (AvgIpc) is 3.41. The molecule has 4 amide bonds. The van der Waals surface area contributed by atoms with Crippen molar-refractivity contribution in [3.8, 4) is 0 Å². The van der Waals surface area contributed by atoms with Crippen molar-refractivity contribution in [2.45, 2.75) is 25.3 Å². The lowest BCUT2D eigenvalue weighted by atomic mass is 10.1. The molecule has 1 aliphatic heterocycles. The van der Waals surface area contributed by atoms with Gasteiger partial charge in [0.25, 0.3) is 5.91 Å². The largest absolute Gasteiger partial charge is 0.467 e. The van der Waals surface area contributed by atoms with E-state index in [4.69, 9.17) is 4.42 Å². The fraction of sp³-hybridized carbons (Fsp3) is 0.240. The van der Waals surface area contributed by atoms with Crippen LogP contribution in [-0.4, -0.2) is 51.8 Å². The molecule has 0 aliphatic carbocycles. The van der Waals surface area contributed by atoms with Gasteiger partial charge in [0.05, 0.1) is 12.8 Å². The first-order valence-corrected chi connectivity index (χ1v) is 10.8. The Morgan fingerprint density at radius 2 is 1.60 bits per heavy atom. The predicted octanol–water partition coefficient (Wildman–Crippen LogP) is 4.38. The molecule has 3 aromatic rings. The number of amides is 4. The van der Waals surface area contributed by atoms with E-state index in [-0.39, 0.29) is 12.3 Å². The Bertz CT molecular complexity index is 1170. The van der Waals surface area contributed by atoms with Gasteiger partial charge in [-0.05, 0) is 23.3 Å². The number of halogens is 3. The number of rotatable bonds is 8. The number of carbonyl (C=O) groups excluding carboxylic acids is 3. The summed E-state index contributed by atoms with van der Waals surface area (Å²) in [6.45, 7) is -2.71. The number of nitrogens with zero attached hydrogens (tertiary/aromatic N) is 3. The molecule has 4 rings (SSSR count). The third-order valence-corrected chi connectivity index (χ3v) is 5.54. The summed E-state index contributed by atoms with van der Waals surface area (Å²) >= 11 is 0. The van der Waals surface area contributed by atoms with Crippen LogP contribution in [0.2, 0.25) is 0 Å². The zero-order valence-electron chi connectivity index (χ0n) is 18.5. The first kappa shape index (κ1) is 24.1. The molecule has 0 spiro atoms. The Balaban J connectivity index is 1.59. The second-order valence-electron chi connectivity index (χ2n) is 8.08. The Morgan fingerprint density at radius 1 is 0.943 bits per heavy atom. The Morgan fingerprint density at radius 3 is 2.20 bits per heavy atom. The fourth-order valence-corrected chi connectivity index (χ4v) is 3.96. The number of furan rings is 1. The summed E-state index contributed by atoms with van der Waals surface area (Å²) in [4.78, 5) is 42.1. The fourth-order valence-electron chi connectivity index (χ4n) is 3.96. The molecule has 1 fully saturated rings. The molecule has 1 aliphatic rings. The molecule has 1 unspecified atom stereocenters. The molecule has 0 bridgehead atoms. The molecule has 1 saturated heterocycles. The third-order valence-electron chi connectivity index (χ3n) is 5.54. The first-order valence-electron chi connectivity index (χ1n) is 10.8. The molecule has 35 heavy (non-hydrogen) atoms. The number of hydrogen-bond donors (Lipinski definition) is 0. The molecule has 7 nitrogen and oxygen atoms in total. The molecule has 2 aromatic carbocycles. The Hall–Kier alpha value is -4.08. The van der Waals surface area contributed by atoms with Gasteiger partial charge in [0.15, 0.2) is 0 Å².